The van der Waals surface area contributed by atoms with Crippen LogP contribution in [0.3, 0.4) is 0 Å². The normalized spacial score (nSPS) is 10.6. The third kappa shape index (κ3) is 2.08. The zero-order chi connectivity index (χ0) is 13.2. The molecule has 0 atom stereocenters. The molecule has 2 aromatic heterocycles. The number of benzene rings is 1. The summed E-state index contributed by atoms with van der Waals surface area (Å²) in [6.07, 6.45) is 6.51. The summed E-state index contributed by atoms with van der Waals surface area (Å²) in [5.74, 6) is -0.133. The minimum atomic E-state index is -0.133. The van der Waals surface area contributed by atoms with Gasteiger partial charge in [-0.2, -0.15) is 0 Å². The molecule has 0 fully saturated rings. The number of nitrogens with zero attached hydrogens (tertiary/aromatic N) is 3. The van der Waals surface area contributed by atoms with Crippen molar-refractivity contribution in [2.75, 3.05) is 0 Å². The van der Waals surface area contributed by atoms with Crippen LogP contribution >= 0.6 is 0 Å². The fourth-order valence-electron chi connectivity index (χ4n) is 1.96. The van der Waals surface area contributed by atoms with Crippen LogP contribution in [0.1, 0.15) is 21.7 Å². The molecule has 0 saturated heterocycles. The summed E-state index contributed by atoms with van der Waals surface area (Å²) in [4.78, 5) is 24.8. The van der Waals surface area contributed by atoms with Crippen molar-refractivity contribution >= 4 is 16.6 Å². The highest BCUT2D eigenvalue weighted by Gasteiger charge is 2.13. The van der Waals surface area contributed by atoms with Gasteiger partial charge in [0, 0.05) is 29.5 Å². The predicted octanol–water partition coefficient (Wildman–Crippen LogP) is 2.56. The summed E-state index contributed by atoms with van der Waals surface area (Å²) in [5.41, 5.74) is 1.74. The van der Waals surface area contributed by atoms with Gasteiger partial charge >= 0.3 is 0 Å². The molecule has 0 unspecified atom stereocenters. The van der Waals surface area contributed by atoms with Crippen molar-refractivity contribution in [2.24, 2.45) is 0 Å². The van der Waals surface area contributed by atoms with Crippen molar-refractivity contribution in [3.8, 4) is 0 Å². The highest BCUT2D eigenvalue weighted by atomic mass is 16.1. The zero-order valence-corrected chi connectivity index (χ0v) is 10.4. The first-order valence-electron chi connectivity index (χ1n) is 5.92. The Labute approximate surface area is 110 Å². The third-order valence-electron chi connectivity index (χ3n) is 2.94. The Kier molecular flexibility index (Phi) is 2.76. The largest absolute Gasteiger partial charge is 0.287 e. The Balaban J connectivity index is 2.14. The second-order valence-corrected chi connectivity index (χ2v) is 4.27. The number of carbonyl (C=O) groups excluding carboxylic acids is 1. The van der Waals surface area contributed by atoms with Gasteiger partial charge in [0.25, 0.3) is 0 Å². The number of fused-ring (bicyclic) bond motifs is 1. The molecule has 0 saturated carbocycles. The van der Waals surface area contributed by atoms with E-state index < -0.39 is 0 Å². The standard InChI is InChI=1S/C15H11N3O/c1-10-7-18-14(9-17-10)15(19)12-4-2-3-11-5-6-16-8-13(11)12/h2-9H,1H3. The highest BCUT2D eigenvalue weighted by Crippen LogP contribution is 2.19. The minimum absolute atomic E-state index is 0.133. The van der Waals surface area contributed by atoms with E-state index in [4.69, 9.17) is 0 Å². The van der Waals surface area contributed by atoms with Crippen molar-refractivity contribution < 1.29 is 4.79 Å². The molecule has 0 spiro atoms. The average molecular weight is 249 g/mol. The van der Waals surface area contributed by atoms with E-state index in [1.54, 1.807) is 24.7 Å². The first-order valence-corrected chi connectivity index (χ1v) is 5.92. The minimum Gasteiger partial charge on any atom is -0.287 e. The number of aromatic nitrogens is 3. The molecule has 0 aliphatic rings. The lowest BCUT2D eigenvalue weighted by molar-refractivity contribution is 0.103. The number of hydrogen-bond donors (Lipinski definition) is 0. The molecule has 1 aromatic carbocycles. The molecule has 0 aliphatic carbocycles. The van der Waals surface area contributed by atoms with Crippen molar-refractivity contribution in [1.82, 2.24) is 15.0 Å². The lowest BCUT2D eigenvalue weighted by atomic mass is 10.0. The van der Waals surface area contributed by atoms with Crippen LogP contribution in [-0.2, 0) is 0 Å². The summed E-state index contributed by atoms with van der Waals surface area (Å²) < 4.78 is 0. The maximum atomic E-state index is 12.4. The summed E-state index contributed by atoms with van der Waals surface area (Å²) in [5, 5.41) is 1.82. The van der Waals surface area contributed by atoms with E-state index in [0.29, 0.717) is 11.3 Å². The molecule has 4 heteroatoms. The third-order valence-corrected chi connectivity index (χ3v) is 2.94. The first kappa shape index (κ1) is 11.5. The second-order valence-electron chi connectivity index (χ2n) is 4.27. The van der Waals surface area contributed by atoms with Crippen molar-refractivity contribution in [3.63, 3.8) is 0 Å². The number of ketones is 1. The predicted molar refractivity (Wildman–Crippen MR) is 71.9 cm³/mol. The van der Waals surface area contributed by atoms with Gasteiger partial charge in [-0.25, -0.2) is 4.98 Å². The number of aryl methyl sites for hydroxylation is 1. The van der Waals surface area contributed by atoms with E-state index in [1.165, 1.54) is 6.20 Å². The highest BCUT2D eigenvalue weighted by molar-refractivity contribution is 6.15. The van der Waals surface area contributed by atoms with Crippen LogP contribution in [0.5, 0.6) is 0 Å². The Morgan fingerprint density at radius 2 is 1.95 bits per heavy atom. The van der Waals surface area contributed by atoms with E-state index in [-0.39, 0.29) is 5.78 Å². The van der Waals surface area contributed by atoms with Crippen LogP contribution in [-0.4, -0.2) is 20.7 Å². The molecule has 0 amide bonds. The van der Waals surface area contributed by atoms with Gasteiger partial charge in [0.15, 0.2) is 0 Å². The quantitative estimate of drug-likeness (QED) is 0.655. The molecule has 0 N–H and O–H groups in total. The Morgan fingerprint density at radius 1 is 1.05 bits per heavy atom. The SMILES string of the molecule is Cc1cnc(C(=O)c2cccc3ccncc23)cn1. The average Bonchev–Trinajstić information content (AvgIpc) is 2.47. The zero-order valence-electron chi connectivity index (χ0n) is 10.4. The molecular formula is C15H11N3O. The van der Waals surface area contributed by atoms with E-state index >= 15 is 0 Å². The van der Waals surface area contributed by atoms with Gasteiger partial charge in [0.1, 0.15) is 5.69 Å². The number of hydrogen-bond acceptors (Lipinski definition) is 4. The molecule has 2 heterocycles. The molecule has 0 aliphatic heterocycles. The monoisotopic (exact) mass is 249 g/mol. The molecule has 4 nitrogen and oxygen atoms in total. The van der Waals surface area contributed by atoms with Gasteiger partial charge in [0.05, 0.1) is 11.9 Å². The Hall–Kier alpha value is -2.62. The summed E-state index contributed by atoms with van der Waals surface area (Å²) in [6.45, 7) is 1.84. The maximum absolute atomic E-state index is 12.4. The van der Waals surface area contributed by atoms with Gasteiger partial charge in [-0.1, -0.05) is 18.2 Å². The summed E-state index contributed by atoms with van der Waals surface area (Å²) in [6, 6.07) is 7.48. The molecule has 19 heavy (non-hydrogen) atoms. The van der Waals surface area contributed by atoms with E-state index in [9.17, 15) is 4.79 Å². The Bertz CT molecular complexity index is 745. The van der Waals surface area contributed by atoms with Crippen molar-refractivity contribution in [1.29, 1.82) is 0 Å². The van der Waals surface area contributed by atoms with Gasteiger partial charge in [0.2, 0.25) is 5.78 Å². The number of carbonyl (C=O) groups is 1. The lowest BCUT2D eigenvalue weighted by Gasteiger charge is -2.04. The topological polar surface area (TPSA) is 55.7 Å². The molecule has 0 bridgehead atoms. The second kappa shape index (κ2) is 4.57. The first-order chi connectivity index (χ1) is 9.25. The van der Waals surface area contributed by atoms with Crippen LogP contribution in [0.25, 0.3) is 10.8 Å². The summed E-state index contributed by atoms with van der Waals surface area (Å²) in [7, 11) is 0. The van der Waals surface area contributed by atoms with Crippen LogP contribution in [0.15, 0.2) is 49.1 Å². The molecular weight excluding hydrogens is 238 g/mol. The fourth-order valence-corrected chi connectivity index (χ4v) is 1.96. The van der Waals surface area contributed by atoms with Crippen LogP contribution in [0.2, 0.25) is 0 Å². The Morgan fingerprint density at radius 3 is 2.74 bits per heavy atom. The molecule has 0 radical (unpaired) electrons. The van der Waals surface area contributed by atoms with Crippen LogP contribution in [0, 0.1) is 6.92 Å². The van der Waals surface area contributed by atoms with Gasteiger partial charge < -0.3 is 0 Å². The van der Waals surface area contributed by atoms with E-state index in [2.05, 4.69) is 15.0 Å². The van der Waals surface area contributed by atoms with Gasteiger partial charge in [-0.3, -0.25) is 14.8 Å². The lowest BCUT2D eigenvalue weighted by Crippen LogP contribution is -2.05. The van der Waals surface area contributed by atoms with E-state index in [0.717, 1.165) is 16.5 Å². The summed E-state index contributed by atoms with van der Waals surface area (Å²) >= 11 is 0. The van der Waals surface area contributed by atoms with Gasteiger partial charge in [-0.05, 0) is 18.4 Å². The molecule has 3 aromatic rings. The molecule has 3 rings (SSSR count). The number of pyridine rings is 1. The smallest absolute Gasteiger partial charge is 0.213 e. The number of rotatable bonds is 2. The maximum Gasteiger partial charge on any atom is 0.213 e. The van der Waals surface area contributed by atoms with Crippen LogP contribution < -0.4 is 0 Å². The van der Waals surface area contributed by atoms with Gasteiger partial charge in [-0.15, -0.1) is 0 Å². The molecule has 92 valence electrons. The van der Waals surface area contributed by atoms with Crippen molar-refractivity contribution in [2.45, 2.75) is 6.92 Å². The van der Waals surface area contributed by atoms with E-state index in [1.807, 2.05) is 25.1 Å². The fraction of sp³-hybridized carbons (Fsp3) is 0.0667. The van der Waals surface area contributed by atoms with Crippen LogP contribution in [0.4, 0.5) is 0 Å². The van der Waals surface area contributed by atoms with Crippen molar-refractivity contribution in [3.05, 3.63) is 66.0 Å².